The van der Waals surface area contributed by atoms with Crippen LogP contribution in [0, 0.1) is 23.4 Å². The minimum absolute atomic E-state index is 0.00499. The van der Waals surface area contributed by atoms with Gasteiger partial charge in [-0.2, -0.15) is 0 Å². The lowest BCUT2D eigenvalue weighted by molar-refractivity contribution is 0.515. The Balaban J connectivity index is 1.80. The lowest BCUT2D eigenvalue weighted by Crippen LogP contribution is -2.18. The second-order valence-corrected chi connectivity index (χ2v) is 13.4. The third-order valence-corrected chi connectivity index (χ3v) is 8.70. The van der Waals surface area contributed by atoms with E-state index in [4.69, 9.17) is 11.6 Å². The Kier molecular flexibility index (Phi) is 8.07. The molecule has 0 bridgehead atoms. The molecule has 0 saturated carbocycles. The molecule has 0 aliphatic rings. The van der Waals surface area contributed by atoms with Crippen LogP contribution in [0.1, 0.15) is 45.2 Å². The van der Waals surface area contributed by atoms with E-state index in [2.05, 4.69) is 15.0 Å². The topological polar surface area (TPSA) is 84.8 Å². The molecule has 2 heterocycles. The molecule has 2 aromatic carbocycles. The van der Waals surface area contributed by atoms with E-state index in [9.17, 15) is 17.2 Å². The van der Waals surface area contributed by atoms with Gasteiger partial charge in [-0.1, -0.05) is 40.7 Å². The molecule has 0 unspecified atom stereocenters. The van der Waals surface area contributed by atoms with Crippen LogP contribution in [0.15, 0.2) is 47.5 Å². The van der Waals surface area contributed by atoms with Crippen LogP contribution >= 0.6 is 22.9 Å². The van der Waals surface area contributed by atoms with Crippen LogP contribution in [0.25, 0.3) is 21.8 Å². The molecule has 0 fully saturated rings. The molecule has 0 aliphatic heterocycles. The Labute approximate surface area is 234 Å². The van der Waals surface area contributed by atoms with Gasteiger partial charge in [0.25, 0.3) is 10.0 Å². The number of anilines is 1. The van der Waals surface area contributed by atoms with Gasteiger partial charge in [-0.3, -0.25) is 4.72 Å². The quantitative estimate of drug-likeness (QED) is 0.222. The van der Waals surface area contributed by atoms with Gasteiger partial charge in [0.05, 0.1) is 27.0 Å². The first-order valence-corrected chi connectivity index (χ1v) is 14.6. The van der Waals surface area contributed by atoms with Crippen molar-refractivity contribution in [1.82, 2.24) is 15.0 Å². The van der Waals surface area contributed by atoms with Gasteiger partial charge in [0, 0.05) is 17.2 Å². The van der Waals surface area contributed by atoms with E-state index < -0.39 is 38.1 Å². The summed E-state index contributed by atoms with van der Waals surface area (Å²) in [5.74, 6) is -3.38. The Morgan fingerprint density at radius 3 is 2.31 bits per heavy atom. The smallest absolute Gasteiger partial charge is 0.267 e. The number of nitrogens with zero attached hydrogens (tertiary/aromatic N) is 3. The average molecular weight is 595 g/mol. The summed E-state index contributed by atoms with van der Waals surface area (Å²) in [6.07, 6.45) is 1.82. The van der Waals surface area contributed by atoms with E-state index in [0.29, 0.717) is 27.6 Å². The number of sulfonamides is 1. The van der Waals surface area contributed by atoms with E-state index in [1.54, 1.807) is 6.07 Å². The molecule has 0 aliphatic carbocycles. The normalized spacial score (nSPS) is 12.3. The largest absolute Gasteiger partial charge is 0.276 e. The maximum Gasteiger partial charge on any atom is 0.267 e. The van der Waals surface area contributed by atoms with Crippen molar-refractivity contribution in [3.05, 3.63) is 75.9 Å². The van der Waals surface area contributed by atoms with Gasteiger partial charge in [-0.25, -0.2) is 36.5 Å². The number of halogens is 4. The highest BCUT2D eigenvalue weighted by Gasteiger charge is 2.29. The molecule has 0 amide bonds. The lowest BCUT2D eigenvalue weighted by atomic mass is 9.98. The number of aromatic nitrogens is 3. The Bertz CT molecular complexity index is 1630. The van der Waals surface area contributed by atoms with E-state index in [1.165, 1.54) is 29.7 Å². The number of benzene rings is 2. The third kappa shape index (κ3) is 6.26. The van der Waals surface area contributed by atoms with Crippen molar-refractivity contribution in [2.24, 2.45) is 5.92 Å². The van der Waals surface area contributed by atoms with Crippen LogP contribution in [0.4, 0.5) is 18.9 Å². The molecule has 6 nitrogen and oxygen atoms in total. The second kappa shape index (κ2) is 10.9. The van der Waals surface area contributed by atoms with Crippen LogP contribution in [0.5, 0.6) is 0 Å². The van der Waals surface area contributed by atoms with Crippen LogP contribution in [-0.2, 0) is 21.9 Å². The fourth-order valence-electron chi connectivity index (χ4n) is 3.91. The second-order valence-electron chi connectivity index (χ2n) is 10.4. The van der Waals surface area contributed by atoms with Crippen molar-refractivity contribution in [2.75, 3.05) is 4.72 Å². The Morgan fingerprint density at radius 2 is 1.72 bits per heavy atom. The molecule has 1 N–H and O–H groups in total. The lowest BCUT2D eigenvalue weighted by Gasteiger charge is -2.14. The first-order chi connectivity index (χ1) is 18.2. The monoisotopic (exact) mass is 594 g/mol. The summed E-state index contributed by atoms with van der Waals surface area (Å²) in [5.41, 5.74) is 0.0424. The fraction of sp³-hybridized carbons (Fsp3) is 0.296. The SMILES string of the molecule is CC(C)Cc1cc(F)c(S(=O)(=O)Nc2cccc(-c3nc(C(C)(C)C)sc3-c3ccnc(Cl)n3)c2F)c(F)c1. The van der Waals surface area contributed by atoms with Crippen molar-refractivity contribution >= 4 is 38.6 Å². The van der Waals surface area contributed by atoms with Crippen LogP contribution in [0.2, 0.25) is 5.28 Å². The molecule has 0 saturated heterocycles. The van der Waals surface area contributed by atoms with E-state index in [0.717, 1.165) is 18.2 Å². The average Bonchev–Trinajstić information content (AvgIpc) is 3.25. The zero-order valence-corrected chi connectivity index (χ0v) is 24.2. The predicted molar refractivity (Wildman–Crippen MR) is 148 cm³/mol. The number of hydrogen-bond acceptors (Lipinski definition) is 6. The van der Waals surface area contributed by atoms with Gasteiger partial charge in [0.1, 0.15) is 11.6 Å². The summed E-state index contributed by atoms with van der Waals surface area (Å²) in [4.78, 5) is 12.1. The molecule has 0 radical (unpaired) electrons. The maximum absolute atomic E-state index is 15.9. The van der Waals surface area contributed by atoms with Crippen molar-refractivity contribution < 1.29 is 21.6 Å². The number of thiazole rings is 1. The van der Waals surface area contributed by atoms with Crippen LogP contribution < -0.4 is 4.72 Å². The summed E-state index contributed by atoms with van der Waals surface area (Å²) in [6.45, 7) is 9.58. The van der Waals surface area contributed by atoms with Gasteiger partial charge in [-0.05, 0) is 59.8 Å². The Morgan fingerprint density at radius 1 is 1.05 bits per heavy atom. The number of nitrogens with one attached hydrogen (secondary N) is 1. The van der Waals surface area contributed by atoms with Crippen molar-refractivity contribution in [3.63, 3.8) is 0 Å². The van der Waals surface area contributed by atoms with Gasteiger partial charge >= 0.3 is 0 Å². The van der Waals surface area contributed by atoms with Crippen molar-refractivity contribution in [2.45, 2.75) is 51.3 Å². The predicted octanol–water partition coefficient (Wildman–Crippen LogP) is 7.63. The zero-order chi connectivity index (χ0) is 28.7. The standard InChI is InChI=1S/C27H26ClF3N4O2S2/c1-14(2)11-15-12-17(29)24(18(30)13-15)39(36,37)35-19-8-6-7-16(21(19)31)22-23(20-9-10-32-26(28)33-20)38-25(34-22)27(3,4)5/h6-10,12-14,35H,11H2,1-5H3. The minimum atomic E-state index is -4.82. The zero-order valence-electron chi connectivity index (χ0n) is 21.8. The molecular weight excluding hydrogens is 569 g/mol. The van der Waals surface area contributed by atoms with Gasteiger partial charge in [0.2, 0.25) is 5.28 Å². The first-order valence-electron chi connectivity index (χ1n) is 12.0. The first kappa shape index (κ1) is 29.0. The van der Waals surface area contributed by atoms with E-state index in [-0.39, 0.29) is 27.9 Å². The maximum atomic E-state index is 15.9. The molecule has 12 heteroatoms. The summed E-state index contributed by atoms with van der Waals surface area (Å²) >= 11 is 7.28. The highest BCUT2D eigenvalue weighted by atomic mass is 35.5. The van der Waals surface area contributed by atoms with Crippen LogP contribution in [-0.4, -0.2) is 23.4 Å². The fourth-order valence-corrected chi connectivity index (χ4v) is 6.34. The minimum Gasteiger partial charge on any atom is -0.276 e. The number of rotatable bonds is 7. The Hall–Kier alpha value is -3.02. The molecular formula is C27H26ClF3N4O2S2. The molecule has 39 heavy (non-hydrogen) atoms. The summed E-state index contributed by atoms with van der Waals surface area (Å²) < 4.78 is 73.6. The molecule has 0 spiro atoms. The van der Waals surface area contributed by atoms with Gasteiger partial charge in [-0.15, -0.1) is 11.3 Å². The van der Waals surface area contributed by atoms with Crippen LogP contribution in [0.3, 0.4) is 0 Å². The summed E-state index contributed by atoms with van der Waals surface area (Å²) in [5, 5.41) is 0.674. The highest BCUT2D eigenvalue weighted by molar-refractivity contribution is 7.92. The molecule has 0 atom stereocenters. The summed E-state index contributed by atoms with van der Waals surface area (Å²) in [7, 11) is -4.82. The molecule has 4 rings (SSSR count). The van der Waals surface area contributed by atoms with Gasteiger partial charge in [0.15, 0.2) is 10.7 Å². The van der Waals surface area contributed by atoms with E-state index in [1.807, 2.05) is 39.3 Å². The van der Waals surface area contributed by atoms with Crippen molar-refractivity contribution in [3.8, 4) is 21.8 Å². The molecule has 206 valence electrons. The van der Waals surface area contributed by atoms with E-state index >= 15 is 4.39 Å². The van der Waals surface area contributed by atoms with Gasteiger partial charge < -0.3 is 0 Å². The number of hydrogen-bond donors (Lipinski definition) is 1. The summed E-state index contributed by atoms with van der Waals surface area (Å²) in [6, 6.07) is 7.58. The molecule has 2 aromatic heterocycles. The molecule has 4 aromatic rings. The van der Waals surface area contributed by atoms with Crippen molar-refractivity contribution in [1.29, 1.82) is 0 Å². The third-order valence-electron chi connectivity index (χ3n) is 5.60. The highest BCUT2D eigenvalue weighted by Crippen LogP contribution is 2.42.